The molecular weight excluding hydrogens is 332 g/mol. The highest BCUT2D eigenvalue weighted by molar-refractivity contribution is 5.83. The quantitative estimate of drug-likeness (QED) is 0.873. The fraction of sp³-hybridized carbons (Fsp3) is 0.474. The van der Waals surface area contributed by atoms with Crippen molar-refractivity contribution in [3.63, 3.8) is 0 Å². The number of hydrogen-bond acceptors (Lipinski definition) is 4. The molecule has 0 aliphatic heterocycles. The van der Waals surface area contributed by atoms with Crippen LogP contribution in [0, 0.1) is 0 Å². The molecular formula is C19H24N4O3. The topological polar surface area (TPSA) is 96.8 Å². The molecule has 1 aromatic carbocycles. The SMILES string of the molecule is CC(C)(C(=O)NC1CCCCC1)n1[nH]c(=O)nc(-c2ccccc2)c1=O. The lowest BCUT2D eigenvalue weighted by Gasteiger charge is -2.30. The zero-order valence-electron chi connectivity index (χ0n) is 15.1. The maximum atomic E-state index is 12.9. The molecule has 2 aromatic rings. The zero-order chi connectivity index (χ0) is 18.7. The summed E-state index contributed by atoms with van der Waals surface area (Å²) in [4.78, 5) is 41.6. The smallest absolute Gasteiger partial charge is 0.351 e. The molecule has 0 spiro atoms. The van der Waals surface area contributed by atoms with Crippen LogP contribution >= 0.6 is 0 Å². The lowest BCUT2D eigenvalue weighted by atomic mass is 9.94. The van der Waals surface area contributed by atoms with Gasteiger partial charge in [0.2, 0.25) is 5.91 Å². The summed E-state index contributed by atoms with van der Waals surface area (Å²) in [6.07, 6.45) is 5.26. The lowest BCUT2D eigenvalue weighted by molar-refractivity contribution is -0.130. The number of carbonyl (C=O) groups is 1. The number of aromatic nitrogens is 3. The van der Waals surface area contributed by atoms with Gasteiger partial charge in [-0.2, -0.15) is 4.98 Å². The summed E-state index contributed by atoms with van der Waals surface area (Å²) in [5, 5.41) is 5.44. The Labute approximate surface area is 151 Å². The van der Waals surface area contributed by atoms with Gasteiger partial charge >= 0.3 is 5.69 Å². The minimum atomic E-state index is -1.24. The van der Waals surface area contributed by atoms with E-state index in [-0.39, 0.29) is 17.6 Å². The van der Waals surface area contributed by atoms with Gasteiger partial charge in [-0.15, -0.1) is 0 Å². The number of benzene rings is 1. The highest BCUT2D eigenvalue weighted by atomic mass is 16.2. The Morgan fingerprint density at radius 2 is 1.81 bits per heavy atom. The molecule has 0 saturated heterocycles. The van der Waals surface area contributed by atoms with Crippen LogP contribution in [0.3, 0.4) is 0 Å². The van der Waals surface area contributed by atoms with Gasteiger partial charge in [-0.3, -0.25) is 9.59 Å². The molecule has 1 aliphatic rings. The Morgan fingerprint density at radius 3 is 2.46 bits per heavy atom. The number of nitrogens with one attached hydrogen (secondary N) is 2. The fourth-order valence-electron chi connectivity index (χ4n) is 3.31. The van der Waals surface area contributed by atoms with Crippen LogP contribution in [0.4, 0.5) is 0 Å². The van der Waals surface area contributed by atoms with E-state index >= 15 is 0 Å². The first-order chi connectivity index (χ1) is 12.4. The number of H-pyrrole nitrogens is 1. The van der Waals surface area contributed by atoms with Gasteiger partial charge in [0, 0.05) is 11.6 Å². The van der Waals surface area contributed by atoms with E-state index in [1.54, 1.807) is 38.1 Å². The van der Waals surface area contributed by atoms with E-state index < -0.39 is 16.8 Å². The van der Waals surface area contributed by atoms with Crippen LogP contribution in [0.2, 0.25) is 0 Å². The Kier molecular flexibility index (Phi) is 5.06. The van der Waals surface area contributed by atoms with Crippen molar-refractivity contribution in [2.24, 2.45) is 0 Å². The zero-order valence-corrected chi connectivity index (χ0v) is 15.1. The van der Waals surface area contributed by atoms with E-state index in [0.29, 0.717) is 5.56 Å². The summed E-state index contributed by atoms with van der Waals surface area (Å²) >= 11 is 0. The molecule has 1 fully saturated rings. The molecule has 0 radical (unpaired) electrons. The monoisotopic (exact) mass is 356 g/mol. The molecule has 0 unspecified atom stereocenters. The maximum Gasteiger partial charge on any atom is 0.360 e. The third-order valence-electron chi connectivity index (χ3n) is 4.93. The van der Waals surface area contributed by atoms with Crippen molar-refractivity contribution in [2.45, 2.75) is 57.5 Å². The number of rotatable bonds is 4. The van der Waals surface area contributed by atoms with Gasteiger partial charge in [0.25, 0.3) is 5.56 Å². The van der Waals surface area contributed by atoms with Crippen LogP contribution in [0.15, 0.2) is 39.9 Å². The highest BCUT2D eigenvalue weighted by Crippen LogP contribution is 2.20. The molecule has 7 heteroatoms. The standard InChI is InChI=1S/C19H24N4O3/c1-19(2,17(25)20-14-11-7-4-8-12-14)23-16(24)15(21-18(26)22-23)13-9-5-3-6-10-13/h3,5-6,9-10,14H,4,7-8,11-12H2,1-2H3,(H,20,25)(H,22,26). The lowest BCUT2D eigenvalue weighted by Crippen LogP contribution is -2.54. The van der Waals surface area contributed by atoms with Gasteiger partial charge in [0.1, 0.15) is 11.2 Å². The van der Waals surface area contributed by atoms with Gasteiger partial charge in [-0.25, -0.2) is 14.6 Å². The van der Waals surface area contributed by atoms with E-state index in [4.69, 9.17) is 0 Å². The summed E-state index contributed by atoms with van der Waals surface area (Å²) in [5.74, 6) is -0.285. The maximum absolute atomic E-state index is 12.9. The Hall–Kier alpha value is -2.70. The first-order valence-electron chi connectivity index (χ1n) is 9.00. The number of amides is 1. The summed E-state index contributed by atoms with van der Waals surface area (Å²) in [6, 6.07) is 8.89. The minimum Gasteiger partial charge on any atom is -0.351 e. The number of nitrogens with zero attached hydrogens (tertiary/aromatic N) is 2. The molecule has 1 aromatic heterocycles. The van der Waals surface area contributed by atoms with Gasteiger partial charge < -0.3 is 5.32 Å². The second-order valence-electron chi connectivity index (χ2n) is 7.25. The van der Waals surface area contributed by atoms with E-state index in [1.807, 2.05) is 6.07 Å². The van der Waals surface area contributed by atoms with Crippen LogP contribution in [0.1, 0.15) is 46.0 Å². The number of aromatic amines is 1. The molecule has 1 amide bonds. The average molecular weight is 356 g/mol. The van der Waals surface area contributed by atoms with Crippen LogP contribution < -0.4 is 16.6 Å². The van der Waals surface area contributed by atoms with Gasteiger partial charge in [-0.05, 0) is 26.7 Å². The van der Waals surface area contributed by atoms with Crippen LogP contribution in [-0.4, -0.2) is 26.7 Å². The molecule has 7 nitrogen and oxygen atoms in total. The molecule has 1 aliphatic carbocycles. The van der Waals surface area contributed by atoms with Gasteiger partial charge in [0.15, 0.2) is 0 Å². The molecule has 3 rings (SSSR count). The Bertz CT molecular complexity index is 893. The van der Waals surface area contributed by atoms with Crippen molar-refractivity contribution in [1.82, 2.24) is 20.1 Å². The Morgan fingerprint density at radius 1 is 1.15 bits per heavy atom. The molecule has 1 saturated carbocycles. The molecule has 1 heterocycles. The van der Waals surface area contributed by atoms with Crippen molar-refractivity contribution in [3.8, 4) is 11.3 Å². The van der Waals surface area contributed by atoms with E-state index in [2.05, 4.69) is 15.4 Å². The van der Waals surface area contributed by atoms with Crippen molar-refractivity contribution in [2.75, 3.05) is 0 Å². The van der Waals surface area contributed by atoms with Crippen molar-refractivity contribution >= 4 is 5.91 Å². The molecule has 2 N–H and O–H groups in total. The summed E-state index contributed by atoms with van der Waals surface area (Å²) in [5.41, 5.74) is -1.82. The summed E-state index contributed by atoms with van der Waals surface area (Å²) in [7, 11) is 0. The van der Waals surface area contributed by atoms with Crippen LogP contribution in [0.25, 0.3) is 11.3 Å². The largest absolute Gasteiger partial charge is 0.360 e. The highest BCUT2D eigenvalue weighted by Gasteiger charge is 2.34. The molecule has 0 atom stereocenters. The van der Waals surface area contributed by atoms with Crippen LogP contribution in [-0.2, 0) is 10.3 Å². The van der Waals surface area contributed by atoms with E-state index in [1.165, 1.54) is 6.42 Å². The van der Waals surface area contributed by atoms with Gasteiger partial charge in [-0.1, -0.05) is 49.6 Å². The predicted octanol–water partition coefficient (Wildman–Crippen LogP) is 1.78. The fourth-order valence-corrected chi connectivity index (χ4v) is 3.31. The second kappa shape index (κ2) is 7.27. The van der Waals surface area contributed by atoms with Crippen molar-refractivity contribution in [1.29, 1.82) is 0 Å². The van der Waals surface area contributed by atoms with Crippen LogP contribution in [0.5, 0.6) is 0 Å². The van der Waals surface area contributed by atoms with E-state index in [9.17, 15) is 14.4 Å². The first kappa shape index (κ1) is 18.1. The Balaban J connectivity index is 1.96. The third kappa shape index (κ3) is 3.61. The van der Waals surface area contributed by atoms with Crippen molar-refractivity contribution in [3.05, 3.63) is 51.2 Å². The normalized spacial score (nSPS) is 15.6. The minimum absolute atomic E-state index is 0.0351. The first-order valence-corrected chi connectivity index (χ1v) is 9.00. The molecule has 26 heavy (non-hydrogen) atoms. The number of carbonyl (C=O) groups excluding carboxylic acids is 1. The average Bonchev–Trinajstić information content (AvgIpc) is 2.64. The van der Waals surface area contributed by atoms with Gasteiger partial charge in [0.05, 0.1) is 0 Å². The molecule has 0 bridgehead atoms. The molecule has 138 valence electrons. The predicted molar refractivity (Wildman–Crippen MR) is 98.9 cm³/mol. The second-order valence-corrected chi connectivity index (χ2v) is 7.25. The van der Waals surface area contributed by atoms with Crippen molar-refractivity contribution < 1.29 is 4.79 Å². The summed E-state index contributed by atoms with van der Waals surface area (Å²) in [6.45, 7) is 3.24. The number of hydrogen-bond donors (Lipinski definition) is 2. The summed E-state index contributed by atoms with van der Waals surface area (Å²) < 4.78 is 1.09. The van der Waals surface area contributed by atoms with E-state index in [0.717, 1.165) is 30.4 Å². The third-order valence-corrected chi connectivity index (χ3v) is 4.93.